The van der Waals surface area contributed by atoms with Crippen LogP contribution >= 0.6 is 22.9 Å². The Hall–Kier alpha value is -1.30. The summed E-state index contributed by atoms with van der Waals surface area (Å²) in [7, 11) is 5.59. The minimum Gasteiger partial charge on any atom is -0.480 e. The monoisotopic (exact) mass is 311 g/mol. The number of thiazole rings is 1. The van der Waals surface area contributed by atoms with Gasteiger partial charge in [-0.3, -0.25) is 0 Å². The van der Waals surface area contributed by atoms with E-state index in [0.29, 0.717) is 12.4 Å². The number of rotatable bonds is 6. The molecule has 0 aliphatic heterocycles. The summed E-state index contributed by atoms with van der Waals surface area (Å²) in [6, 6.07) is 7.84. The minimum atomic E-state index is 0.686. The van der Waals surface area contributed by atoms with Crippen LogP contribution in [0, 0.1) is 0 Å². The van der Waals surface area contributed by atoms with Crippen LogP contribution in [0.15, 0.2) is 24.3 Å². The largest absolute Gasteiger partial charge is 0.480 e. The molecule has 0 saturated carbocycles. The number of benzene rings is 1. The lowest BCUT2D eigenvalue weighted by atomic mass is 10.2. The summed E-state index contributed by atoms with van der Waals surface area (Å²) in [4.78, 5) is 7.49. The zero-order valence-electron chi connectivity index (χ0n) is 11.8. The molecule has 0 radical (unpaired) electrons. The van der Waals surface area contributed by atoms with Crippen molar-refractivity contribution in [3.05, 3.63) is 39.7 Å². The molecule has 0 fully saturated rings. The van der Waals surface area contributed by atoms with Gasteiger partial charge in [0.1, 0.15) is 0 Å². The fraction of sp³-hybridized carbons (Fsp3) is 0.357. The summed E-state index contributed by atoms with van der Waals surface area (Å²) in [5, 5.41) is 5.10. The van der Waals surface area contributed by atoms with E-state index in [9.17, 15) is 0 Å². The molecule has 1 heterocycles. The average molecular weight is 312 g/mol. The van der Waals surface area contributed by atoms with Crippen molar-refractivity contribution in [1.29, 1.82) is 0 Å². The number of nitrogens with zero attached hydrogens (tertiary/aromatic N) is 2. The third-order valence-electron chi connectivity index (χ3n) is 2.78. The SMILES string of the molecule is COc1nc(N(C)C)sc1CNCc1ccccc1Cl. The zero-order valence-corrected chi connectivity index (χ0v) is 13.4. The van der Waals surface area contributed by atoms with Crippen molar-refractivity contribution in [3.8, 4) is 5.88 Å². The molecule has 0 unspecified atom stereocenters. The van der Waals surface area contributed by atoms with Gasteiger partial charge < -0.3 is 15.0 Å². The number of nitrogens with one attached hydrogen (secondary N) is 1. The molecule has 0 aliphatic rings. The molecule has 0 amide bonds. The van der Waals surface area contributed by atoms with Crippen molar-refractivity contribution in [2.24, 2.45) is 0 Å². The fourth-order valence-electron chi connectivity index (χ4n) is 1.74. The van der Waals surface area contributed by atoms with Crippen LogP contribution in [0.25, 0.3) is 0 Å². The number of methoxy groups -OCH3 is 1. The first-order valence-electron chi connectivity index (χ1n) is 6.27. The molecule has 1 N–H and O–H groups in total. The van der Waals surface area contributed by atoms with Crippen molar-refractivity contribution < 1.29 is 4.74 Å². The van der Waals surface area contributed by atoms with Crippen molar-refractivity contribution in [2.75, 3.05) is 26.1 Å². The highest BCUT2D eigenvalue weighted by atomic mass is 35.5. The van der Waals surface area contributed by atoms with Crippen LogP contribution in [0.2, 0.25) is 5.02 Å². The Kier molecular flexibility index (Phi) is 5.23. The van der Waals surface area contributed by atoms with Crippen LogP contribution in [0.3, 0.4) is 0 Å². The summed E-state index contributed by atoms with van der Waals surface area (Å²) in [5.74, 6) is 0.686. The maximum Gasteiger partial charge on any atom is 0.230 e. The van der Waals surface area contributed by atoms with E-state index in [4.69, 9.17) is 16.3 Å². The van der Waals surface area contributed by atoms with Gasteiger partial charge in [-0.2, -0.15) is 4.98 Å². The predicted molar refractivity (Wildman–Crippen MR) is 85.0 cm³/mol. The molecule has 108 valence electrons. The number of aromatic nitrogens is 1. The Morgan fingerprint density at radius 1 is 1.30 bits per heavy atom. The van der Waals surface area contributed by atoms with Crippen molar-refractivity contribution in [2.45, 2.75) is 13.1 Å². The predicted octanol–water partition coefficient (Wildman–Crippen LogP) is 3.16. The van der Waals surface area contributed by atoms with Gasteiger partial charge in [0.25, 0.3) is 0 Å². The molecule has 2 rings (SSSR count). The van der Waals surface area contributed by atoms with Crippen molar-refractivity contribution >= 4 is 28.1 Å². The topological polar surface area (TPSA) is 37.4 Å². The molecule has 0 aliphatic carbocycles. The molecule has 1 aromatic heterocycles. The van der Waals surface area contributed by atoms with Gasteiger partial charge >= 0.3 is 0 Å². The standard InChI is InChI=1S/C14H18ClN3OS/c1-18(2)14-17-13(19-3)12(20-14)9-16-8-10-6-4-5-7-11(10)15/h4-7,16H,8-9H2,1-3H3. The molecule has 0 spiro atoms. The third kappa shape index (κ3) is 3.62. The van der Waals surface area contributed by atoms with Crippen LogP contribution in [-0.4, -0.2) is 26.2 Å². The summed E-state index contributed by atoms with van der Waals surface area (Å²) < 4.78 is 5.31. The first-order chi connectivity index (χ1) is 9.61. The van der Waals surface area contributed by atoms with Crippen molar-refractivity contribution in [3.63, 3.8) is 0 Å². The number of hydrogen-bond donors (Lipinski definition) is 1. The summed E-state index contributed by atoms with van der Waals surface area (Å²) in [6.07, 6.45) is 0. The van der Waals surface area contributed by atoms with E-state index >= 15 is 0 Å². The second kappa shape index (κ2) is 6.92. The van der Waals surface area contributed by atoms with Gasteiger partial charge in [-0.1, -0.05) is 41.1 Å². The average Bonchev–Trinajstić information content (AvgIpc) is 2.84. The molecule has 6 heteroatoms. The van der Waals surface area contributed by atoms with Crippen LogP contribution in [0.5, 0.6) is 5.88 Å². The van der Waals surface area contributed by atoms with Crippen molar-refractivity contribution in [1.82, 2.24) is 10.3 Å². The molecular weight excluding hydrogens is 294 g/mol. The molecule has 20 heavy (non-hydrogen) atoms. The second-order valence-corrected chi connectivity index (χ2v) is 5.99. The van der Waals surface area contributed by atoms with Gasteiger partial charge in [-0.05, 0) is 11.6 Å². The van der Waals surface area contributed by atoms with Crippen LogP contribution in [-0.2, 0) is 13.1 Å². The van der Waals surface area contributed by atoms with Gasteiger partial charge in [-0.25, -0.2) is 0 Å². The molecule has 0 bridgehead atoms. The highest BCUT2D eigenvalue weighted by Gasteiger charge is 2.12. The second-order valence-electron chi connectivity index (χ2n) is 4.52. The summed E-state index contributed by atoms with van der Waals surface area (Å²) >= 11 is 7.75. The van der Waals surface area contributed by atoms with E-state index in [1.807, 2.05) is 43.3 Å². The molecule has 0 saturated heterocycles. The Morgan fingerprint density at radius 3 is 2.70 bits per heavy atom. The Balaban J connectivity index is 1.99. The van der Waals surface area contributed by atoms with Gasteiger partial charge in [-0.15, -0.1) is 0 Å². The Morgan fingerprint density at radius 2 is 2.05 bits per heavy atom. The normalized spacial score (nSPS) is 10.6. The highest BCUT2D eigenvalue weighted by molar-refractivity contribution is 7.15. The van der Waals surface area contributed by atoms with E-state index in [2.05, 4.69) is 10.3 Å². The lowest BCUT2D eigenvalue weighted by molar-refractivity contribution is 0.394. The number of hydrogen-bond acceptors (Lipinski definition) is 5. The first kappa shape index (κ1) is 15.1. The van der Waals surface area contributed by atoms with Crippen LogP contribution in [0.4, 0.5) is 5.13 Å². The van der Waals surface area contributed by atoms with E-state index in [0.717, 1.165) is 27.1 Å². The third-order valence-corrected chi connectivity index (χ3v) is 4.36. The smallest absolute Gasteiger partial charge is 0.230 e. The quantitative estimate of drug-likeness (QED) is 0.889. The van der Waals surface area contributed by atoms with E-state index < -0.39 is 0 Å². The Bertz CT molecular complexity index is 571. The van der Waals surface area contributed by atoms with Gasteiger partial charge in [0, 0.05) is 32.2 Å². The lowest BCUT2D eigenvalue weighted by Gasteiger charge is -2.06. The molecule has 2 aromatic rings. The molecule has 0 atom stereocenters. The maximum absolute atomic E-state index is 6.13. The van der Waals surface area contributed by atoms with Gasteiger partial charge in [0.15, 0.2) is 5.13 Å². The molecular formula is C14H18ClN3OS. The first-order valence-corrected chi connectivity index (χ1v) is 7.46. The number of halogens is 1. The molecule has 1 aromatic carbocycles. The minimum absolute atomic E-state index is 0.686. The zero-order chi connectivity index (χ0) is 14.5. The van der Waals surface area contributed by atoms with Crippen LogP contribution in [0.1, 0.15) is 10.4 Å². The van der Waals surface area contributed by atoms with E-state index in [1.54, 1.807) is 18.4 Å². The van der Waals surface area contributed by atoms with Gasteiger partial charge in [0.05, 0.1) is 12.0 Å². The van der Waals surface area contributed by atoms with E-state index in [-0.39, 0.29) is 0 Å². The summed E-state index contributed by atoms with van der Waals surface area (Å²) in [5.41, 5.74) is 1.09. The maximum atomic E-state index is 6.13. The lowest BCUT2D eigenvalue weighted by Crippen LogP contribution is -2.12. The molecule has 4 nitrogen and oxygen atoms in total. The van der Waals surface area contributed by atoms with Gasteiger partial charge in [0.2, 0.25) is 5.88 Å². The summed E-state index contributed by atoms with van der Waals surface area (Å²) in [6.45, 7) is 1.43. The Labute approximate surface area is 128 Å². The highest BCUT2D eigenvalue weighted by Crippen LogP contribution is 2.30. The fourth-order valence-corrected chi connectivity index (χ4v) is 2.87. The number of ether oxygens (including phenoxy) is 1. The van der Waals surface area contributed by atoms with E-state index in [1.165, 1.54) is 0 Å². The number of anilines is 1. The van der Waals surface area contributed by atoms with Crippen LogP contribution < -0.4 is 15.0 Å².